The van der Waals surface area contributed by atoms with Gasteiger partial charge in [0.1, 0.15) is 10.7 Å². The van der Waals surface area contributed by atoms with Crippen molar-refractivity contribution in [2.75, 3.05) is 6.26 Å². The average molecular weight is 278 g/mol. The minimum Gasteiger partial charge on any atom is -0.227 e. The van der Waals surface area contributed by atoms with E-state index in [-0.39, 0.29) is 15.8 Å². The molecule has 0 N–H and O–H groups in total. The molecule has 0 atom stereocenters. The van der Waals surface area contributed by atoms with Crippen molar-refractivity contribution < 1.29 is 4.39 Å². The van der Waals surface area contributed by atoms with Crippen molar-refractivity contribution in [2.24, 2.45) is 0 Å². The minimum atomic E-state index is -0.665. The van der Waals surface area contributed by atoms with Gasteiger partial charge in [0.15, 0.2) is 16.1 Å². The number of fused-ring (bicyclic) bond motifs is 1. The lowest BCUT2D eigenvalue weighted by Crippen LogP contribution is -1.98. The van der Waals surface area contributed by atoms with Crippen LogP contribution in [0.15, 0.2) is 5.16 Å². The average Bonchev–Trinajstić information content (AvgIpc) is 2.24. The standard InChI is InChI=1S/C9H6Cl2FN3S/c1-3-4-6(14-9(13-3)16-2)5(12)8(11)15-7(4)10/h1-2H3. The van der Waals surface area contributed by atoms with Gasteiger partial charge in [-0.1, -0.05) is 35.0 Å². The number of hydrogen-bond acceptors (Lipinski definition) is 4. The summed E-state index contributed by atoms with van der Waals surface area (Å²) in [5.41, 5.74) is 0.698. The number of nitrogens with zero attached hydrogens (tertiary/aromatic N) is 3. The number of hydrogen-bond donors (Lipinski definition) is 0. The molecule has 16 heavy (non-hydrogen) atoms. The van der Waals surface area contributed by atoms with Gasteiger partial charge >= 0.3 is 0 Å². The number of halogens is 3. The Hall–Kier alpha value is -0.650. The van der Waals surface area contributed by atoms with Crippen LogP contribution in [0.5, 0.6) is 0 Å². The first-order valence-corrected chi connectivity index (χ1v) is 6.25. The zero-order chi connectivity index (χ0) is 11.9. The van der Waals surface area contributed by atoms with Crippen LogP contribution in [0.1, 0.15) is 5.69 Å². The molecule has 0 unspecified atom stereocenters. The van der Waals surface area contributed by atoms with Crippen LogP contribution in [-0.4, -0.2) is 21.2 Å². The van der Waals surface area contributed by atoms with Gasteiger partial charge in [-0.3, -0.25) is 0 Å². The summed E-state index contributed by atoms with van der Waals surface area (Å²) in [6, 6.07) is 0. The zero-order valence-electron chi connectivity index (χ0n) is 8.38. The Morgan fingerprint density at radius 3 is 2.44 bits per heavy atom. The van der Waals surface area contributed by atoms with E-state index in [9.17, 15) is 4.39 Å². The Bertz CT molecular complexity index is 576. The van der Waals surface area contributed by atoms with Crippen LogP contribution in [0, 0.1) is 12.7 Å². The molecule has 0 saturated heterocycles. The highest BCUT2D eigenvalue weighted by molar-refractivity contribution is 7.98. The Labute approximate surface area is 105 Å². The molecular weight excluding hydrogens is 272 g/mol. The van der Waals surface area contributed by atoms with Crippen LogP contribution in [0.3, 0.4) is 0 Å². The smallest absolute Gasteiger partial charge is 0.188 e. The third-order valence-electron chi connectivity index (χ3n) is 2.04. The molecule has 2 rings (SSSR count). The van der Waals surface area contributed by atoms with Gasteiger partial charge in [-0.15, -0.1) is 0 Å². The molecule has 0 aliphatic rings. The Kier molecular flexibility index (Phi) is 3.19. The fourth-order valence-corrected chi connectivity index (χ4v) is 2.27. The highest BCUT2D eigenvalue weighted by atomic mass is 35.5. The SMILES string of the molecule is CSc1nc(C)c2c(Cl)nc(Cl)c(F)c2n1. The normalized spacial score (nSPS) is 11.1. The van der Waals surface area contributed by atoms with E-state index in [4.69, 9.17) is 23.2 Å². The number of aromatic nitrogens is 3. The van der Waals surface area contributed by atoms with E-state index < -0.39 is 5.82 Å². The van der Waals surface area contributed by atoms with Gasteiger partial charge < -0.3 is 0 Å². The van der Waals surface area contributed by atoms with Gasteiger partial charge in [-0.05, 0) is 13.2 Å². The summed E-state index contributed by atoms with van der Waals surface area (Å²) in [6.45, 7) is 1.73. The van der Waals surface area contributed by atoms with Gasteiger partial charge in [-0.25, -0.2) is 19.3 Å². The first kappa shape index (κ1) is 11.8. The maximum Gasteiger partial charge on any atom is 0.188 e. The molecule has 0 aliphatic heterocycles. The summed E-state index contributed by atoms with van der Waals surface area (Å²) in [4.78, 5) is 11.9. The highest BCUT2D eigenvalue weighted by Gasteiger charge is 2.16. The van der Waals surface area contributed by atoms with E-state index in [2.05, 4.69) is 15.0 Å². The Balaban J connectivity index is 2.94. The highest BCUT2D eigenvalue weighted by Crippen LogP contribution is 2.29. The maximum atomic E-state index is 13.7. The van der Waals surface area contributed by atoms with E-state index in [0.29, 0.717) is 16.2 Å². The van der Waals surface area contributed by atoms with E-state index in [0.717, 1.165) is 0 Å². The molecule has 0 bridgehead atoms. The fraction of sp³-hybridized carbons (Fsp3) is 0.222. The van der Waals surface area contributed by atoms with Crippen molar-refractivity contribution in [3.05, 3.63) is 21.8 Å². The van der Waals surface area contributed by atoms with Crippen LogP contribution >= 0.6 is 35.0 Å². The molecule has 0 amide bonds. The summed E-state index contributed by atoms with van der Waals surface area (Å²) < 4.78 is 13.7. The maximum absolute atomic E-state index is 13.7. The van der Waals surface area contributed by atoms with Crippen molar-refractivity contribution in [1.29, 1.82) is 0 Å². The van der Waals surface area contributed by atoms with Crippen LogP contribution in [-0.2, 0) is 0 Å². The number of pyridine rings is 1. The van der Waals surface area contributed by atoms with Crippen molar-refractivity contribution >= 4 is 45.9 Å². The fourth-order valence-electron chi connectivity index (χ4n) is 1.33. The summed E-state index contributed by atoms with van der Waals surface area (Å²) in [5, 5.41) is 0.720. The second-order valence-electron chi connectivity index (χ2n) is 3.03. The monoisotopic (exact) mass is 277 g/mol. The lowest BCUT2D eigenvalue weighted by Gasteiger charge is -2.06. The third-order valence-corrected chi connectivity index (χ3v) is 3.12. The van der Waals surface area contributed by atoms with Crippen LogP contribution in [0.25, 0.3) is 10.9 Å². The minimum absolute atomic E-state index is 0.113. The molecule has 3 nitrogen and oxygen atoms in total. The van der Waals surface area contributed by atoms with Gasteiger partial charge in [0, 0.05) is 0 Å². The van der Waals surface area contributed by atoms with E-state index in [1.807, 2.05) is 6.26 Å². The topological polar surface area (TPSA) is 38.7 Å². The first-order valence-electron chi connectivity index (χ1n) is 4.27. The van der Waals surface area contributed by atoms with Crippen LogP contribution < -0.4 is 0 Å². The zero-order valence-corrected chi connectivity index (χ0v) is 10.7. The number of thioether (sulfide) groups is 1. The summed E-state index contributed by atoms with van der Waals surface area (Å²) >= 11 is 12.8. The number of aryl methyl sites for hydroxylation is 1. The predicted octanol–water partition coefficient (Wildman–Crippen LogP) is 3.50. The third kappa shape index (κ3) is 1.83. The van der Waals surface area contributed by atoms with Crippen molar-refractivity contribution in [2.45, 2.75) is 12.1 Å². The van der Waals surface area contributed by atoms with Gasteiger partial charge in [-0.2, -0.15) is 0 Å². The van der Waals surface area contributed by atoms with Crippen molar-refractivity contribution in [3.8, 4) is 0 Å². The van der Waals surface area contributed by atoms with Crippen LogP contribution in [0.2, 0.25) is 10.3 Å². The molecule has 0 radical (unpaired) electrons. The molecule has 2 aromatic rings. The first-order chi connectivity index (χ1) is 7.54. The lowest BCUT2D eigenvalue weighted by atomic mass is 10.2. The molecule has 2 aromatic heterocycles. The van der Waals surface area contributed by atoms with Gasteiger partial charge in [0.2, 0.25) is 0 Å². The molecule has 0 saturated carbocycles. The largest absolute Gasteiger partial charge is 0.227 e. The van der Waals surface area contributed by atoms with Gasteiger partial charge in [0.05, 0.1) is 11.1 Å². The molecule has 0 fully saturated rings. The van der Waals surface area contributed by atoms with Gasteiger partial charge in [0.25, 0.3) is 0 Å². The molecule has 0 aromatic carbocycles. The Morgan fingerprint density at radius 1 is 1.12 bits per heavy atom. The molecule has 84 valence electrons. The molecule has 0 aliphatic carbocycles. The second-order valence-corrected chi connectivity index (χ2v) is 4.52. The summed E-state index contributed by atoms with van der Waals surface area (Å²) in [7, 11) is 0. The quantitative estimate of drug-likeness (QED) is 0.454. The molecular formula is C9H6Cl2FN3S. The summed E-state index contributed by atoms with van der Waals surface area (Å²) in [5.74, 6) is -0.665. The molecule has 2 heterocycles. The predicted molar refractivity (Wildman–Crippen MR) is 63.8 cm³/mol. The molecule has 7 heteroatoms. The second kappa shape index (κ2) is 4.31. The van der Waals surface area contributed by atoms with Crippen molar-refractivity contribution in [1.82, 2.24) is 15.0 Å². The van der Waals surface area contributed by atoms with Crippen molar-refractivity contribution in [3.63, 3.8) is 0 Å². The Morgan fingerprint density at radius 2 is 1.81 bits per heavy atom. The lowest BCUT2D eigenvalue weighted by molar-refractivity contribution is 0.629. The summed E-state index contributed by atoms with van der Waals surface area (Å²) in [6.07, 6.45) is 1.81. The van der Waals surface area contributed by atoms with E-state index in [1.54, 1.807) is 6.92 Å². The van der Waals surface area contributed by atoms with E-state index in [1.165, 1.54) is 11.8 Å². The molecule has 0 spiro atoms. The van der Waals surface area contributed by atoms with Crippen LogP contribution in [0.4, 0.5) is 4.39 Å². The number of rotatable bonds is 1. The van der Waals surface area contributed by atoms with E-state index >= 15 is 0 Å².